The molecule has 1 amide bonds. The van der Waals surface area contributed by atoms with Crippen LogP contribution < -0.4 is 0 Å². The van der Waals surface area contributed by atoms with Crippen LogP contribution in [0.3, 0.4) is 0 Å². The van der Waals surface area contributed by atoms with Gasteiger partial charge in [0.1, 0.15) is 12.3 Å². The molecule has 3 rings (SSSR count). The fourth-order valence-electron chi connectivity index (χ4n) is 2.17. The van der Waals surface area contributed by atoms with Crippen LogP contribution in [0.1, 0.15) is 6.42 Å². The maximum atomic E-state index is 11.6. The van der Waals surface area contributed by atoms with Crippen molar-refractivity contribution in [2.75, 3.05) is 13.2 Å². The molecule has 0 aromatic heterocycles. The van der Waals surface area contributed by atoms with Crippen molar-refractivity contribution < 1.29 is 19.4 Å². The van der Waals surface area contributed by atoms with Crippen LogP contribution in [0.25, 0.3) is 0 Å². The lowest BCUT2D eigenvalue weighted by molar-refractivity contribution is -0.166. The number of aliphatic hydroxyl groups is 1. The van der Waals surface area contributed by atoms with E-state index in [0.29, 0.717) is 19.6 Å². The van der Waals surface area contributed by atoms with E-state index in [4.69, 9.17) is 9.47 Å². The normalized spacial score (nSPS) is 40.9. The van der Waals surface area contributed by atoms with E-state index in [9.17, 15) is 9.90 Å². The Balaban J connectivity index is 1.92. The molecule has 0 aromatic carbocycles. The van der Waals surface area contributed by atoms with E-state index < -0.39 is 6.10 Å². The standard InChI is InChI=1S/C9H11NO4/c11-6-3-7-10(8(6)12)9-5(4-14-7)1-2-13-9/h1,6-7,9,11H,2-4H2/t6-,7+,9-/m1/s1. The molecule has 3 heterocycles. The molecule has 3 aliphatic rings. The van der Waals surface area contributed by atoms with Crippen LogP contribution >= 0.6 is 0 Å². The summed E-state index contributed by atoms with van der Waals surface area (Å²) in [5, 5.41) is 9.40. The summed E-state index contributed by atoms with van der Waals surface area (Å²) in [6.07, 6.45) is 0.755. The maximum Gasteiger partial charge on any atom is 0.255 e. The average Bonchev–Trinajstić information content (AvgIpc) is 2.72. The number of hydrogen-bond donors (Lipinski definition) is 1. The second-order valence-corrected chi connectivity index (χ2v) is 3.73. The largest absolute Gasteiger partial charge is 0.383 e. The van der Waals surface area contributed by atoms with Gasteiger partial charge < -0.3 is 14.6 Å². The molecule has 76 valence electrons. The summed E-state index contributed by atoms with van der Waals surface area (Å²) in [5.41, 5.74) is 0.990. The van der Waals surface area contributed by atoms with Crippen molar-refractivity contribution in [2.45, 2.75) is 25.0 Å². The molecule has 0 spiro atoms. The van der Waals surface area contributed by atoms with Gasteiger partial charge in [-0.15, -0.1) is 0 Å². The lowest BCUT2D eigenvalue weighted by atomic mass is 10.2. The number of aliphatic hydroxyl groups excluding tert-OH is 1. The van der Waals surface area contributed by atoms with Crippen molar-refractivity contribution in [3.63, 3.8) is 0 Å². The highest BCUT2D eigenvalue weighted by Crippen LogP contribution is 2.33. The molecular formula is C9H11NO4. The molecule has 1 N–H and O–H groups in total. The lowest BCUT2D eigenvalue weighted by Gasteiger charge is -2.35. The number of carbonyl (C=O) groups is 1. The molecule has 0 aromatic rings. The molecule has 0 unspecified atom stereocenters. The van der Waals surface area contributed by atoms with Gasteiger partial charge in [0, 0.05) is 12.0 Å². The minimum atomic E-state index is -0.927. The van der Waals surface area contributed by atoms with Gasteiger partial charge in [-0.2, -0.15) is 0 Å². The highest BCUT2D eigenvalue weighted by Gasteiger charge is 2.48. The van der Waals surface area contributed by atoms with E-state index in [1.54, 1.807) is 0 Å². The van der Waals surface area contributed by atoms with E-state index >= 15 is 0 Å². The van der Waals surface area contributed by atoms with Gasteiger partial charge in [0.25, 0.3) is 5.91 Å². The minimum absolute atomic E-state index is 0.285. The van der Waals surface area contributed by atoms with Gasteiger partial charge in [0.2, 0.25) is 0 Å². The molecule has 5 nitrogen and oxygen atoms in total. The summed E-state index contributed by atoms with van der Waals surface area (Å²) in [5.74, 6) is -0.285. The number of carbonyl (C=O) groups excluding carboxylic acids is 1. The molecule has 5 heteroatoms. The lowest BCUT2D eigenvalue weighted by Crippen LogP contribution is -2.49. The predicted octanol–water partition coefficient (Wildman–Crippen LogP) is -0.781. The summed E-state index contributed by atoms with van der Waals surface area (Å²) >= 11 is 0. The number of amides is 1. The third kappa shape index (κ3) is 0.972. The first-order valence-electron chi connectivity index (χ1n) is 4.70. The summed E-state index contributed by atoms with van der Waals surface area (Å²) in [7, 11) is 0. The molecule has 0 radical (unpaired) electrons. The summed E-state index contributed by atoms with van der Waals surface area (Å²) in [6, 6.07) is 0. The van der Waals surface area contributed by atoms with Crippen LogP contribution in [0.2, 0.25) is 0 Å². The van der Waals surface area contributed by atoms with Crippen molar-refractivity contribution in [1.29, 1.82) is 0 Å². The van der Waals surface area contributed by atoms with E-state index in [0.717, 1.165) is 5.57 Å². The Morgan fingerprint density at radius 3 is 3.21 bits per heavy atom. The smallest absolute Gasteiger partial charge is 0.255 e. The first-order chi connectivity index (χ1) is 6.77. The molecule has 3 atom stereocenters. The van der Waals surface area contributed by atoms with Crippen LogP contribution in [0, 0.1) is 0 Å². The fourth-order valence-corrected chi connectivity index (χ4v) is 2.17. The third-order valence-corrected chi connectivity index (χ3v) is 2.89. The third-order valence-electron chi connectivity index (χ3n) is 2.89. The van der Waals surface area contributed by atoms with Crippen LogP contribution in [0.4, 0.5) is 0 Å². The zero-order valence-corrected chi connectivity index (χ0v) is 7.55. The van der Waals surface area contributed by atoms with Crippen LogP contribution in [0.15, 0.2) is 11.6 Å². The summed E-state index contributed by atoms with van der Waals surface area (Å²) < 4.78 is 10.9. The first-order valence-corrected chi connectivity index (χ1v) is 4.70. The van der Waals surface area contributed by atoms with Crippen molar-refractivity contribution in [3.05, 3.63) is 11.6 Å². The molecule has 3 aliphatic heterocycles. The minimum Gasteiger partial charge on any atom is -0.383 e. The quantitative estimate of drug-likeness (QED) is 0.517. The van der Waals surface area contributed by atoms with Gasteiger partial charge in [-0.25, -0.2) is 0 Å². The van der Waals surface area contributed by atoms with Crippen LogP contribution in [-0.2, 0) is 14.3 Å². The van der Waals surface area contributed by atoms with Gasteiger partial charge in [0.15, 0.2) is 6.23 Å². The molecule has 14 heavy (non-hydrogen) atoms. The van der Waals surface area contributed by atoms with E-state index in [1.165, 1.54) is 4.90 Å². The first kappa shape index (κ1) is 8.40. The van der Waals surface area contributed by atoms with Gasteiger partial charge in [-0.3, -0.25) is 9.69 Å². The Morgan fingerprint density at radius 2 is 2.36 bits per heavy atom. The number of hydrogen-bond acceptors (Lipinski definition) is 4. The summed E-state index contributed by atoms with van der Waals surface area (Å²) in [4.78, 5) is 13.1. The van der Waals surface area contributed by atoms with E-state index in [1.807, 2.05) is 6.08 Å². The molecule has 2 fully saturated rings. The van der Waals surface area contributed by atoms with Crippen LogP contribution in [-0.4, -0.2) is 47.7 Å². The molecule has 0 aliphatic carbocycles. The second-order valence-electron chi connectivity index (χ2n) is 3.73. The van der Waals surface area contributed by atoms with Crippen molar-refractivity contribution >= 4 is 5.91 Å². The van der Waals surface area contributed by atoms with Crippen LogP contribution in [0.5, 0.6) is 0 Å². The highest BCUT2D eigenvalue weighted by atomic mass is 16.6. The van der Waals surface area contributed by atoms with Crippen molar-refractivity contribution in [2.24, 2.45) is 0 Å². The summed E-state index contributed by atoms with van der Waals surface area (Å²) in [6.45, 7) is 1.03. The van der Waals surface area contributed by atoms with Gasteiger partial charge in [-0.1, -0.05) is 6.08 Å². The number of rotatable bonds is 0. The second kappa shape index (κ2) is 2.79. The molecular weight excluding hydrogens is 186 g/mol. The topological polar surface area (TPSA) is 59.0 Å². The Bertz CT molecular complexity index is 314. The number of fused-ring (bicyclic) bond motifs is 3. The Morgan fingerprint density at radius 1 is 1.50 bits per heavy atom. The van der Waals surface area contributed by atoms with Gasteiger partial charge in [-0.05, 0) is 0 Å². The Hall–Kier alpha value is -0.910. The van der Waals surface area contributed by atoms with Crippen molar-refractivity contribution in [1.82, 2.24) is 4.90 Å². The fraction of sp³-hybridized carbons (Fsp3) is 0.667. The van der Waals surface area contributed by atoms with Gasteiger partial charge >= 0.3 is 0 Å². The zero-order chi connectivity index (χ0) is 9.71. The molecule has 0 saturated carbocycles. The SMILES string of the molecule is O=C1[C@H](O)C[C@@H]2OCC3=CCO[C@H]3N12. The number of ether oxygens (including phenoxy) is 2. The Kier molecular flexibility index (Phi) is 1.67. The van der Waals surface area contributed by atoms with E-state index in [2.05, 4.69) is 0 Å². The van der Waals surface area contributed by atoms with Crippen molar-refractivity contribution in [3.8, 4) is 0 Å². The Labute approximate surface area is 80.9 Å². The predicted molar refractivity (Wildman–Crippen MR) is 45.0 cm³/mol. The average molecular weight is 197 g/mol. The maximum absolute atomic E-state index is 11.6. The highest BCUT2D eigenvalue weighted by molar-refractivity contribution is 5.83. The number of nitrogens with zero attached hydrogens (tertiary/aromatic N) is 1. The molecule has 2 saturated heterocycles. The molecule has 0 bridgehead atoms. The van der Waals surface area contributed by atoms with Gasteiger partial charge in [0.05, 0.1) is 13.2 Å². The van der Waals surface area contributed by atoms with E-state index in [-0.39, 0.29) is 18.4 Å². The monoisotopic (exact) mass is 197 g/mol. The zero-order valence-electron chi connectivity index (χ0n) is 7.55.